The number of methoxy groups -OCH3 is 2. The third-order valence-corrected chi connectivity index (χ3v) is 9.29. The summed E-state index contributed by atoms with van der Waals surface area (Å²) in [6.45, 7) is 11.7. The van der Waals surface area contributed by atoms with Gasteiger partial charge in [0.25, 0.3) is 5.91 Å². The lowest BCUT2D eigenvalue weighted by atomic mass is 9.72. The van der Waals surface area contributed by atoms with Crippen LogP contribution in [0.5, 0.6) is 0 Å². The number of hydrogen-bond acceptors (Lipinski definition) is 10. The van der Waals surface area contributed by atoms with Crippen molar-refractivity contribution in [3.63, 3.8) is 0 Å². The van der Waals surface area contributed by atoms with Crippen LogP contribution in [0, 0.1) is 11.3 Å². The molecule has 0 aromatic carbocycles. The SMILES string of the molecule is C=C1C[C@](OC)([C@H](O)C(=O)NC2OCOC3C2O[C@H](CC(=O)CCCCC/C=C/C=C/C(=O)O)C(C)(C)[C@@H]3OC)O[C@H](C)[C@@H]1C. The predicted molar refractivity (Wildman–Crippen MR) is 164 cm³/mol. The van der Waals surface area contributed by atoms with Crippen LogP contribution in [0.1, 0.15) is 72.6 Å². The fourth-order valence-corrected chi connectivity index (χ4v) is 6.27. The fraction of sp³-hybridized carbons (Fsp3) is 0.727. The summed E-state index contributed by atoms with van der Waals surface area (Å²) in [6.07, 6.45) is 4.66. The molecule has 0 aromatic rings. The maximum absolute atomic E-state index is 13.4. The van der Waals surface area contributed by atoms with Crippen molar-refractivity contribution in [1.29, 1.82) is 0 Å². The van der Waals surface area contributed by atoms with Gasteiger partial charge >= 0.3 is 5.97 Å². The van der Waals surface area contributed by atoms with Gasteiger partial charge in [-0.15, -0.1) is 0 Å². The second-order valence-electron chi connectivity index (χ2n) is 12.7. The molecule has 12 heteroatoms. The van der Waals surface area contributed by atoms with Gasteiger partial charge in [-0.2, -0.15) is 0 Å². The molecule has 254 valence electrons. The summed E-state index contributed by atoms with van der Waals surface area (Å²) in [5, 5.41) is 22.5. The number of hydrogen-bond donors (Lipinski definition) is 3. The average Bonchev–Trinajstić information content (AvgIpc) is 2.98. The van der Waals surface area contributed by atoms with Crippen LogP contribution in [0.15, 0.2) is 36.5 Å². The number of rotatable bonds is 15. The lowest BCUT2D eigenvalue weighted by Crippen LogP contribution is -2.69. The molecule has 0 aromatic heterocycles. The number of amides is 1. The van der Waals surface area contributed by atoms with E-state index in [2.05, 4.69) is 11.9 Å². The number of carboxylic acid groups (broad SMARTS) is 1. The van der Waals surface area contributed by atoms with E-state index in [1.165, 1.54) is 13.2 Å². The van der Waals surface area contributed by atoms with E-state index in [9.17, 15) is 19.5 Å². The summed E-state index contributed by atoms with van der Waals surface area (Å²) in [4.78, 5) is 37.0. The van der Waals surface area contributed by atoms with Crippen LogP contribution in [-0.2, 0) is 42.8 Å². The Hall–Kier alpha value is -2.45. The zero-order valence-corrected chi connectivity index (χ0v) is 27.4. The van der Waals surface area contributed by atoms with E-state index in [1.807, 2.05) is 33.8 Å². The van der Waals surface area contributed by atoms with Gasteiger partial charge in [-0.05, 0) is 26.2 Å². The summed E-state index contributed by atoms with van der Waals surface area (Å²) in [5.74, 6) is -3.27. The number of aliphatic carboxylic acids is 1. The number of unbranched alkanes of at least 4 members (excludes halogenated alkanes) is 3. The van der Waals surface area contributed by atoms with E-state index in [0.717, 1.165) is 37.3 Å². The highest BCUT2D eigenvalue weighted by molar-refractivity contribution is 5.82. The molecule has 3 heterocycles. The Bertz CT molecular complexity index is 1100. The predicted octanol–water partition coefficient (Wildman–Crippen LogP) is 3.42. The Morgan fingerprint density at radius 1 is 1.11 bits per heavy atom. The van der Waals surface area contributed by atoms with E-state index < -0.39 is 59.8 Å². The van der Waals surface area contributed by atoms with Crippen molar-refractivity contribution in [2.24, 2.45) is 11.3 Å². The minimum Gasteiger partial charge on any atom is -0.478 e. The number of nitrogens with one attached hydrogen (secondary N) is 1. The van der Waals surface area contributed by atoms with Gasteiger partial charge in [0.05, 0.1) is 18.3 Å². The fourth-order valence-electron chi connectivity index (χ4n) is 6.27. The van der Waals surface area contributed by atoms with E-state index in [0.29, 0.717) is 6.42 Å². The van der Waals surface area contributed by atoms with Gasteiger partial charge in [0.2, 0.25) is 5.79 Å². The molecule has 0 aliphatic carbocycles. The number of aliphatic hydroxyl groups is 1. The molecular weight excluding hydrogens is 586 g/mol. The maximum atomic E-state index is 13.4. The van der Waals surface area contributed by atoms with Gasteiger partial charge in [-0.1, -0.05) is 57.6 Å². The number of carbonyl (C=O) groups is 3. The van der Waals surface area contributed by atoms with Gasteiger partial charge in [0.1, 0.15) is 24.8 Å². The highest BCUT2D eigenvalue weighted by Gasteiger charge is 2.57. The highest BCUT2D eigenvalue weighted by atomic mass is 16.7. The number of ether oxygens (including phenoxy) is 6. The Morgan fingerprint density at radius 2 is 1.84 bits per heavy atom. The molecule has 0 bridgehead atoms. The minimum atomic E-state index is -1.69. The molecule has 3 rings (SSSR count). The maximum Gasteiger partial charge on any atom is 0.328 e. The molecule has 9 atom stereocenters. The topological polar surface area (TPSA) is 159 Å². The molecule has 45 heavy (non-hydrogen) atoms. The summed E-state index contributed by atoms with van der Waals surface area (Å²) < 4.78 is 35.6. The first-order chi connectivity index (χ1) is 21.3. The van der Waals surface area contributed by atoms with Crippen LogP contribution in [0.2, 0.25) is 0 Å². The van der Waals surface area contributed by atoms with Gasteiger partial charge in [-0.25, -0.2) is 4.79 Å². The van der Waals surface area contributed by atoms with E-state index in [4.69, 9.17) is 33.5 Å². The summed E-state index contributed by atoms with van der Waals surface area (Å²) in [6, 6.07) is 0. The highest BCUT2D eigenvalue weighted by Crippen LogP contribution is 2.44. The molecule has 3 unspecified atom stereocenters. The second kappa shape index (κ2) is 16.4. The van der Waals surface area contributed by atoms with Crippen LogP contribution < -0.4 is 5.32 Å². The number of ketones is 1. The third-order valence-electron chi connectivity index (χ3n) is 9.29. The summed E-state index contributed by atoms with van der Waals surface area (Å²) in [7, 11) is 2.96. The molecule has 0 radical (unpaired) electrons. The Morgan fingerprint density at radius 3 is 2.49 bits per heavy atom. The number of Topliss-reactive ketones (excluding diaryl/α,β-unsaturated/α-hetero) is 1. The van der Waals surface area contributed by atoms with Crippen LogP contribution in [0.4, 0.5) is 0 Å². The van der Waals surface area contributed by atoms with Gasteiger partial charge in [-0.3, -0.25) is 9.59 Å². The molecule has 3 fully saturated rings. The zero-order chi connectivity index (χ0) is 33.4. The average molecular weight is 638 g/mol. The first kappa shape index (κ1) is 37.0. The van der Waals surface area contributed by atoms with Crippen molar-refractivity contribution in [3.8, 4) is 0 Å². The lowest BCUT2D eigenvalue weighted by molar-refractivity contribution is -0.330. The molecule has 0 spiro atoms. The lowest BCUT2D eigenvalue weighted by Gasteiger charge is -2.54. The molecular formula is C33H51NO11. The quantitative estimate of drug-likeness (QED) is 0.105. The second-order valence-corrected chi connectivity index (χ2v) is 12.7. The smallest absolute Gasteiger partial charge is 0.328 e. The van der Waals surface area contributed by atoms with Crippen molar-refractivity contribution < 1.29 is 53.0 Å². The van der Waals surface area contributed by atoms with Crippen molar-refractivity contribution >= 4 is 17.7 Å². The Labute approximate surface area is 266 Å². The first-order valence-corrected chi connectivity index (χ1v) is 15.7. The van der Waals surface area contributed by atoms with Gasteiger partial charge in [0, 0.05) is 50.9 Å². The number of aliphatic hydroxyl groups excluding tert-OH is 1. The normalized spacial score (nSPS) is 34.0. The van der Waals surface area contributed by atoms with E-state index in [-0.39, 0.29) is 37.4 Å². The molecule has 1 amide bonds. The molecule has 3 saturated heterocycles. The third kappa shape index (κ3) is 9.09. The van der Waals surface area contributed by atoms with Crippen molar-refractivity contribution in [3.05, 3.63) is 36.5 Å². The van der Waals surface area contributed by atoms with Crippen LogP contribution in [0.3, 0.4) is 0 Å². The Kier molecular flexibility index (Phi) is 13.5. The van der Waals surface area contributed by atoms with Gasteiger partial charge in [0.15, 0.2) is 12.3 Å². The molecule has 12 nitrogen and oxygen atoms in total. The van der Waals surface area contributed by atoms with Crippen molar-refractivity contribution in [2.45, 2.75) is 121 Å². The van der Waals surface area contributed by atoms with E-state index >= 15 is 0 Å². The largest absolute Gasteiger partial charge is 0.478 e. The van der Waals surface area contributed by atoms with Crippen LogP contribution in [0.25, 0.3) is 0 Å². The zero-order valence-electron chi connectivity index (χ0n) is 27.4. The number of carbonyl (C=O) groups excluding carboxylic acids is 2. The number of fused-ring (bicyclic) bond motifs is 1. The molecule has 0 saturated carbocycles. The standard InChI is InChI=1S/C33H51NO11/c1-20-18-33(41-7,45-22(3)21(20)2)28(38)30(39)34-31-27-26(42-19-43-31)29(40-6)32(4,5)24(44-27)17-23(35)15-13-11-9-8-10-12-14-16-25(36)37/h10,12,14,16,21-22,24,26-29,31,38H,1,8-9,11,13,15,17-19H2,2-7H3,(H,34,39)(H,36,37)/b12-10+,16-14+/t21-,22-,24-,26?,27?,28-,29-,31?,33-/m1/s1. The van der Waals surface area contributed by atoms with Crippen molar-refractivity contribution in [1.82, 2.24) is 5.32 Å². The first-order valence-electron chi connectivity index (χ1n) is 15.7. The minimum absolute atomic E-state index is 0.0319. The number of carboxylic acids is 1. The number of allylic oxidation sites excluding steroid dienone is 3. The monoisotopic (exact) mass is 637 g/mol. The summed E-state index contributed by atoms with van der Waals surface area (Å²) >= 11 is 0. The molecule has 3 aliphatic heterocycles. The Balaban J connectivity index is 1.62. The van der Waals surface area contributed by atoms with E-state index in [1.54, 1.807) is 13.2 Å². The molecule has 3 N–H and O–H groups in total. The molecule has 3 aliphatic rings. The van der Waals surface area contributed by atoms with Crippen LogP contribution in [-0.4, -0.2) is 97.5 Å². The van der Waals surface area contributed by atoms with Crippen LogP contribution >= 0.6 is 0 Å². The summed E-state index contributed by atoms with van der Waals surface area (Å²) in [5.41, 5.74) is 0.203. The van der Waals surface area contributed by atoms with Gasteiger partial charge < -0.3 is 44.0 Å². The van der Waals surface area contributed by atoms with Crippen molar-refractivity contribution in [2.75, 3.05) is 21.0 Å².